The first-order valence-corrected chi connectivity index (χ1v) is 9.67. The average Bonchev–Trinajstić information content (AvgIpc) is 2.63. The van der Waals surface area contributed by atoms with Crippen molar-refractivity contribution in [2.24, 2.45) is 0 Å². The van der Waals surface area contributed by atoms with Crippen LogP contribution in [-0.2, 0) is 19.6 Å². The summed E-state index contributed by atoms with van der Waals surface area (Å²) in [7, 11) is -0.772. The lowest BCUT2D eigenvalue weighted by molar-refractivity contribution is -0.123. The van der Waals surface area contributed by atoms with Gasteiger partial charge in [-0.05, 0) is 43.7 Å². The summed E-state index contributed by atoms with van der Waals surface area (Å²) in [4.78, 5) is 24.5. The molecule has 144 valence electrons. The molecule has 0 aromatic heterocycles. The summed E-state index contributed by atoms with van der Waals surface area (Å²) >= 11 is 0. The molecule has 0 spiro atoms. The molecule has 0 fully saturated rings. The fraction of sp³-hybridized carbons (Fsp3) is 0.263. The van der Waals surface area contributed by atoms with Crippen LogP contribution in [0, 0.1) is 6.92 Å². The number of carbonyl (C=O) groups is 2. The summed E-state index contributed by atoms with van der Waals surface area (Å²) in [6.07, 6.45) is -1.05. The van der Waals surface area contributed by atoms with Crippen molar-refractivity contribution in [1.29, 1.82) is 0 Å². The van der Waals surface area contributed by atoms with Gasteiger partial charge in [-0.2, -0.15) is 0 Å². The molecule has 1 unspecified atom stereocenters. The van der Waals surface area contributed by atoms with Gasteiger partial charge in [0, 0.05) is 19.8 Å². The van der Waals surface area contributed by atoms with Crippen molar-refractivity contribution in [3.8, 4) is 0 Å². The van der Waals surface area contributed by atoms with Crippen LogP contribution >= 0.6 is 0 Å². The molecule has 0 aliphatic heterocycles. The van der Waals surface area contributed by atoms with E-state index in [9.17, 15) is 18.0 Å². The van der Waals surface area contributed by atoms with E-state index in [0.717, 1.165) is 4.31 Å². The second-order valence-electron chi connectivity index (χ2n) is 6.17. The van der Waals surface area contributed by atoms with Crippen LogP contribution in [0.2, 0.25) is 0 Å². The third kappa shape index (κ3) is 4.93. The van der Waals surface area contributed by atoms with Crippen molar-refractivity contribution in [3.63, 3.8) is 0 Å². The van der Waals surface area contributed by atoms with Gasteiger partial charge in [-0.3, -0.25) is 4.79 Å². The normalized spacial score (nSPS) is 12.5. The molecule has 7 nitrogen and oxygen atoms in total. The van der Waals surface area contributed by atoms with E-state index < -0.39 is 28.0 Å². The number of anilines is 1. The zero-order valence-corrected chi connectivity index (χ0v) is 16.4. The van der Waals surface area contributed by atoms with Crippen LogP contribution in [-0.4, -0.2) is 44.8 Å². The molecule has 1 N–H and O–H groups in total. The molecule has 0 bridgehead atoms. The van der Waals surface area contributed by atoms with Crippen LogP contribution < -0.4 is 5.32 Å². The summed E-state index contributed by atoms with van der Waals surface area (Å²) in [6, 6.07) is 12.8. The molecule has 0 saturated carbocycles. The van der Waals surface area contributed by atoms with Crippen LogP contribution in [0.4, 0.5) is 5.69 Å². The van der Waals surface area contributed by atoms with E-state index in [2.05, 4.69) is 5.32 Å². The number of amides is 1. The van der Waals surface area contributed by atoms with Gasteiger partial charge >= 0.3 is 5.97 Å². The smallest absolute Gasteiger partial charge is 0.338 e. The highest BCUT2D eigenvalue weighted by Crippen LogP contribution is 2.22. The number of carbonyl (C=O) groups excluding carboxylic acids is 2. The van der Waals surface area contributed by atoms with Gasteiger partial charge in [-0.1, -0.05) is 24.3 Å². The quantitative estimate of drug-likeness (QED) is 0.765. The Morgan fingerprint density at radius 3 is 2.30 bits per heavy atom. The third-order valence-electron chi connectivity index (χ3n) is 3.91. The van der Waals surface area contributed by atoms with Gasteiger partial charge in [0.15, 0.2) is 6.10 Å². The molecule has 2 rings (SSSR count). The zero-order valence-electron chi connectivity index (χ0n) is 15.6. The zero-order chi connectivity index (χ0) is 20.2. The monoisotopic (exact) mass is 390 g/mol. The largest absolute Gasteiger partial charge is 0.449 e. The second-order valence-corrected chi connectivity index (χ2v) is 8.32. The van der Waals surface area contributed by atoms with Gasteiger partial charge in [0.25, 0.3) is 5.91 Å². The minimum absolute atomic E-state index is 0.0577. The van der Waals surface area contributed by atoms with E-state index in [1.807, 2.05) is 0 Å². The average molecular weight is 390 g/mol. The Morgan fingerprint density at radius 2 is 1.70 bits per heavy atom. The molecule has 0 radical (unpaired) electrons. The standard InChI is InChI=1S/C19H22N2O5S/c1-13-10-11-16(27(24,25)21(3)4)12-17(13)20-18(22)14(2)26-19(23)15-8-6-5-7-9-15/h5-12,14H,1-4H3,(H,20,22). The number of rotatable bonds is 6. The molecular formula is C19H22N2O5S. The summed E-state index contributed by atoms with van der Waals surface area (Å²) in [6.45, 7) is 3.19. The fourth-order valence-corrected chi connectivity index (χ4v) is 3.13. The summed E-state index contributed by atoms with van der Waals surface area (Å²) in [5.41, 5.74) is 1.36. The molecule has 0 saturated heterocycles. The lowest BCUT2D eigenvalue weighted by Crippen LogP contribution is -2.30. The Hall–Kier alpha value is -2.71. The van der Waals surface area contributed by atoms with Gasteiger partial charge < -0.3 is 10.1 Å². The predicted octanol–water partition coefficient (Wildman–Crippen LogP) is 2.43. The highest BCUT2D eigenvalue weighted by atomic mass is 32.2. The van der Waals surface area contributed by atoms with Crippen LogP contribution in [0.25, 0.3) is 0 Å². The lowest BCUT2D eigenvalue weighted by Gasteiger charge is -2.17. The van der Waals surface area contributed by atoms with Crippen molar-refractivity contribution in [3.05, 3.63) is 59.7 Å². The number of aryl methyl sites for hydroxylation is 1. The Labute approximate surface area is 159 Å². The maximum atomic E-state index is 12.4. The molecule has 27 heavy (non-hydrogen) atoms. The van der Waals surface area contributed by atoms with Gasteiger partial charge in [0.1, 0.15) is 0 Å². The number of nitrogens with one attached hydrogen (secondary N) is 1. The maximum absolute atomic E-state index is 12.4. The van der Waals surface area contributed by atoms with Gasteiger partial charge in [0.2, 0.25) is 10.0 Å². The first-order valence-electron chi connectivity index (χ1n) is 8.23. The van der Waals surface area contributed by atoms with Crippen LogP contribution in [0.1, 0.15) is 22.8 Å². The Morgan fingerprint density at radius 1 is 1.07 bits per heavy atom. The van der Waals surface area contributed by atoms with Crippen molar-refractivity contribution in [1.82, 2.24) is 4.31 Å². The molecule has 0 aliphatic rings. The van der Waals surface area contributed by atoms with Gasteiger partial charge in [-0.15, -0.1) is 0 Å². The number of ether oxygens (including phenoxy) is 1. The maximum Gasteiger partial charge on any atom is 0.338 e. The topological polar surface area (TPSA) is 92.8 Å². The molecule has 2 aromatic carbocycles. The highest BCUT2D eigenvalue weighted by molar-refractivity contribution is 7.89. The van der Waals surface area contributed by atoms with Crippen molar-refractivity contribution >= 4 is 27.6 Å². The number of esters is 1. The SMILES string of the molecule is Cc1ccc(S(=O)(=O)N(C)C)cc1NC(=O)C(C)OC(=O)c1ccccc1. The van der Waals surface area contributed by atoms with Crippen molar-refractivity contribution in [2.45, 2.75) is 24.8 Å². The summed E-state index contributed by atoms with van der Waals surface area (Å²) in [5, 5.41) is 2.62. The Balaban J connectivity index is 2.14. The predicted molar refractivity (Wildman–Crippen MR) is 102 cm³/mol. The minimum atomic E-state index is -3.63. The molecule has 0 heterocycles. The van der Waals surface area contributed by atoms with Gasteiger partial charge in [0.05, 0.1) is 10.5 Å². The molecular weight excluding hydrogens is 368 g/mol. The van der Waals surface area contributed by atoms with Crippen molar-refractivity contribution in [2.75, 3.05) is 19.4 Å². The minimum Gasteiger partial charge on any atom is -0.449 e. The van der Waals surface area contributed by atoms with E-state index in [-0.39, 0.29) is 4.90 Å². The number of sulfonamides is 1. The second kappa shape index (κ2) is 8.32. The number of nitrogens with zero attached hydrogens (tertiary/aromatic N) is 1. The van der Waals surface area contributed by atoms with E-state index in [0.29, 0.717) is 16.8 Å². The number of hydrogen-bond donors (Lipinski definition) is 1. The molecule has 2 aromatic rings. The van der Waals surface area contributed by atoms with E-state index >= 15 is 0 Å². The highest BCUT2D eigenvalue weighted by Gasteiger charge is 2.22. The van der Waals surface area contributed by atoms with Crippen LogP contribution in [0.15, 0.2) is 53.4 Å². The Bertz CT molecular complexity index is 940. The van der Waals surface area contributed by atoms with E-state index in [1.54, 1.807) is 43.3 Å². The lowest BCUT2D eigenvalue weighted by atomic mass is 10.2. The molecule has 1 atom stereocenters. The van der Waals surface area contributed by atoms with Crippen molar-refractivity contribution < 1.29 is 22.7 Å². The first-order chi connectivity index (χ1) is 12.6. The van der Waals surface area contributed by atoms with Gasteiger partial charge in [-0.25, -0.2) is 17.5 Å². The number of hydrogen-bond acceptors (Lipinski definition) is 5. The summed E-state index contributed by atoms with van der Waals surface area (Å²) in [5.74, 6) is -1.17. The number of benzene rings is 2. The molecule has 0 aliphatic carbocycles. The molecule has 1 amide bonds. The van der Waals surface area contributed by atoms with E-state index in [1.165, 1.54) is 33.2 Å². The van der Waals surface area contributed by atoms with E-state index in [4.69, 9.17) is 4.74 Å². The third-order valence-corrected chi connectivity index (χ3v) is 5.72. The van der Waals surface area contributed by atoms with Crippen LogP contribution in [0.3, 0.4) is 0 Å². The fourth-order valence-electron chi connectivity index (χ4n) is 2.20. The van der Waals surface area contributed by atoms with Crippen LogP contribution in [0.5, 0.6) is 0 Å². The molecule has 8 heteroatoms. The summed E-state index contributed by atoms with van der Waals surface area (Å²) < 4.78 is 30.8. The first kappa shape index (κ1) is 20.6. The Kier molecular flexibility index (Phi) is 6.35.